The molecule has 0 aliphatic carbocycles. The van der Waals surface area contributed by atoms with Gasteiger partial charge in [0.05, 0.1) is 6.33 Å². The maximum absolute atomic E-state index is 12.6. The summed E-state index contributed by atoms with van der Waals surface area (Å²) in [5, 5.41) is 1.82. The van der Waals surface area contributed by atoms with Gasteiger partial charge in [0.25, 0.3) is 5.91 Å². The number of halogens is 4. The van der Waals surface area contributed by atoms with Crippen molar-refractivity contribution in [3.05, 3.63) is 18.7 Å². The molecule has 0 spiro atoms. The van der Waals surface area contributed by atoms with Crippen molar-refractivity contribution in [1.82, 2.24) is 14.9 Å². The molecule has 1 atom stereocenters. The Morgan fingerprint density at radius 1 is 1.53 bits per heavy atom. The Labute approximate surface area is 94.6 Å². The lowest BCUT2D eigenvalue weighted by atomic mass is 10.2. The highest BCUT2D eigenvalue weighted by molar-refractivity contribution is 5.84. The fraction of sp³-hybridized carbons (Fsp3) is 0.556. The second-order valence-electron chi connectivity index (χ2n) is 3.56. The first-order chi connectivity index (χ1) is 7.84. The Balaban J connectivity index is 2.51. The number of rotatable bonds is 5. The van der Waals surface area contributed by atoms with E-state index in [2.05, 4.69) is 4.98 Å². The molecule has 1 unspecified atom stereocenters. The van der Waals surface area contributed by atoms with Gasteiger partial charge in [0.1, 0.15) is 0 Å². The zero-order valence-electron chi connectivity index (χ0n) is 8.91. The highest BCUT2D eigenvalue weighted by atomic mass is 19.3. The van der Waals surface area contributed by atoms with Gasteiger partial charge in [-0.15, -0.1) is 0 Å². The number of carbonyl (C=O) groups excluding carboxylic acids is 1. The molecule has 96 valence electrons. The van der Waals surface area contributed by atoms with Crippen molar-refractivity contribution in [2.24, 2.45) is 0 Å². The summed E-state index contributed by atoms with van der Waals surface area (Å²) < 4.78 is 50.5. The fourth-order valence-corrected chi connectivity index (χ4v) is 1.18. The molecule has 0 aliphatic heterocycles. The van der Waals surface area contributed by atoms with Crippen LogP contribution >= 0.6 is 0 Å². The van der Waals surface area contributed by atoms with E-state index in [4.69, 9.17) is 0 Å². The van der Waals surface area contributed by atoms with Crippen LogP contribution in [0.5, 0.6) is 0 Å². The number of alkyl halides is 4. The number of amides is 1. The fourth-order valence-electron chi connectivity index (χ4n) is 1.18. The van der Waals surface area contributed by atoms with Gasteiger partial charge in [-0.3, -0.25) is 4.79 Å². The van der Waals surface area contributed by atoms with Crippen LogP contribution in [0.4, 0.5) is 17.6 Å². The van der Waals surface area contributed by atoms with E-state index >= 15 is 0 Å². The van der Waals surface area contributed by atoms with E-state index in [-0.39, 0.29) is 6.54 Å². The lowest BCUT2D eigenvalue weighted by Gasteiger charge is -2.19. The molecule has 0 radical (unpaired) electrons. The van der Waals surface area contributed by atoms with Gasteiger partial charge in [0.15, 0.2) is 0 Å². The summed E-state index contributed by atoms with van der Waals surface area (Å²) in [5.41, 5.74) is 0. The number of carbonyl (C=O) groups is 1. The van der Waals surface area contributed by atoms with Crippen LogP contribution in [-0.4, -0.2) is 33.8 Å². The van der Waals surface area contributed by atoms with Gasteiger partial charge in [0, 0.05) is 25.0 Å². The van der Waals surface area contributed by atoms with Crippen LogP contribution in [0.25, 0.3) is 0 Å². The second kappa shape index (κ2) is 5.15. The maximum atomic E-state index is 12.6. The first kappa shape index (κ1) is 13.5. The second-order valence-corrected chi connectivity index (χ2v) is 3.56. The Morgan fingerprint density at radius 2 is 2.18 bits per heavy atom. The van der Waals surface area contributed by atoms with E-state index in [0.29, 0.717) is 0 Å². The van der Waals surface area contributed by atoms with E-state index in [1.165, 1.54) is 24.0 Å². The molecule has 0 saturated carbocycles. The van der Waals surface area contributed by atoms with Gasteiger partial charge in [-0.1, -0.05) is 0 Å². The summed E-state index contributed by atoms with van der Waals surface area (Å²) in [7, 11) is 0. The normalized spacial score (nSPS) is 13.8. The molecule has 1 amide bonds. The molecule has 1 N–H and O–H groups in total. The molecule has 0 bridgehead atoms. The maximum Gasteiger partial charge on any atom is 0.383 e. The van der Waals surface area contributed by atoms with Crippen LogP contribution in [0.1, 0.15) is 6.92 Å². The van der Waals surface area contributed by atoms with E-state index in [9.17, 15) is 22.4 Å². The molecule has 0 fully saturated rings. The summed E-state index contributed by atoms with van der Waals surface area (Å²) in [6.45, 7) is 1.60. The Hall–Kier alpha value is -1.60. The highest BCUT2D eigenvalue weighted by Crippen LogP contribution is 2.22. The summed E-state index contributed by atoms with van der Waals surface area (Å²) >= 11 is 0. The van der Waals surface area contributed by atoms with Gasteiger partial charge < -0.3 is 9.88 Å². The zero-order chi connectivity index (χ0) is 13.1. The highest BCUT2D eigenvalue weighted by Gasteiger charge is 2.49. The number of hydrogen-bond acceptors (Lipinski definition) is 2. The quantitative estimate of drug-likeness (QED) is 0.804. The van der Waals surface area contributed by atoms with Crippen molar-refractivity contribution >= 4 is 5.91 Å². The van der Waals surface area contributed by atoms with E-state index in [0.717, 1.165) is 0 Å². The van der Waals surface area contributed by atoms with Crippen LogP contribution in [0.3, 0.4) is 0 Å². The predicted molar refractivity (Wildman–Crippen MR) is 50.8 cm³/mol. The number of nitrogens with zero attached hydrogens (tertiary/aromatic N) is 2. The lowest BCUT2D eigenvalue weighted by Crippen LogP contribution is -2.49. The van der Waals surface area contributed by atoms with Crippen LogP contribution < -0.4 is 5.32 Å². The minimum Gasteiger partial charge on any atom is -0.346 e. The Morgan fingerprint density at radius 3 is 2.65 bits per heavy atom. The molecule has 17 heavy (non-hydrogen) atoms. The Kier molecular flexibility index (Phi) is 4.08. The van der Waals surface area contributed by atoms with Gasteiger partial charge in [-0.2, -0.15) is 8.78 Å². The van der Waals surface area contributed by atoms with Crippen molar-refractivity contribution < 1.29 is 22.4 Å². The van der Waals surface area contributed by atoms with Crippen molar-refractivity contribution in [3.63, 3.8) is 0 Å². The molecule has 4 nitrogen and oxygen atoms in total. The third-order valence-electron chi connectivity index (χ3n) is 2.00. The van der Waals surface area contributed by atoms with Crippen molar-refractivity contribution in [3.8, 4) is 0 Å². The first-order valence-electron chi connectivity index (χ1n) is 4.76. The van der Waals surface area contributed by atoms with Crippen molar-refractivity contribution in [2.75, 3.05) is 0 Å². The molecule has 1 heterocycles. The molecule has 1 aromatic heterocycles. The lowest BCUT2D eigenvalue weighted by molar-refractivity contribution is -0.170. The predicted octanol–water partition coefficient (Wildman–Crippen LogP) is 1.29. The summed E-state index contributed by atoms with van der Waals surface area (Å²) in [6, 6.07) is -0.707. The van der Waals surface area contributed by atoms with Crippen LogP contribution in [0, 0.1) is 0 Å². The molecule has 1 rings (SSSR count). The van der Waals surface area contributed by atoms with Gasteiger partial charge in [-0.05, 0) is 6.92 Å². The van der Waals surface area contributed by atoms with E-state index < -0.39 is 24.3 Å². The average Bonchev–Trinajstić information content (AvgIpc) is 2.69. The van der Waals surface area contributed by atoms with Crippen molar-refractivity contribution in [2.45, 2.75) is 31.9 Å². The SMILES string of the molecule is CC(Cn1ccnc1)NC(=O)C(F)(F)C(F)F. The van der Waals surface area contributed by atoms with Gasteiger partial charge >= 0.3 is 12.3 Å². The number of hydrogen-bond donors (Lipinski definition) is 1. The summed E-state index contributed by atoms with van der Waals surface area (Å²) in [6.07, 6.45) is 0.451. The topological polar surface area (TPSA) is 46.9 Å². The van der Waals surface area contributed by atoms with Crippen LogP contribution in [0.2, 0.25) is 0 Å². The standard InChI is InChI=1S/C9H11F4N3O/c1-6(4-16-3-2-14-5-16)15-8(17)9(12,13)7(10)11/h2-3,5-7H,4H2,1H3,(H,15,17). The summed E-state index contributed by atoms with van der Waals surface area (Å²) in [5.74, 6) is -6.64. The molecule has 1 aromatic rings. The number of nitrogens with one attached hydrogen (secondary N) is 1. The van der Waals surface area contributed by atoms with Crippen LogP contribution in [-0.2, 0) is 11.3 Å². The smallest absolute Gasteiger partial charge is 0.346 e. The minimum absolute atomic E-state index is 0.172. The molecule has 8 heteroatoms. The van der Waals surface area contributed by atoms with E-state index in [1.807, 2.05) is 5.32 Å². The molecular weight excluding hydrogens is 242 g/mol. The largest absolute Gasteiger partial charge is 0.383 e. The average molecular weight is 253 g/mol. The zero-order valence-corrected chi connectivity index (χ0v) is 8.91. The number of aromatic nitrogens is 2. The van der Waals surface area contributed by atoms with Gasteiger partial charge in [0.2, 0.25) is 0 Å². The first-order valence-corrected chi connectivity index (χ1v) is 4.76. The third kappa shape index (κ3) is 3.43. The molecule has 0 saturated heterocycles. The monoisotopic (exact) mass is 253 g/mol. The third-order valence-corrected chi connectivity index (χ3v) is 2.00. The molecule has 0 aliphatic rings. The molecular formula is C9H11F4N3O. The van der Waals surface area contributed by atoms with E-state index in [1.54, 1.807) is 6.20 Å². The molecule has 0 aromatic carbocycles. The number of imidazole rings is 1. The van der Waals surface area contributed by atoms with Crippen molar-refractivity contribution in [1.29, 1.82) is 0 Å². The minimum atomic E-state index is -4.66. The van der Waals surface area contributed by atoms with Gasteiger partial charge in [-0.25, -0.2) is 13.8 Å². The van der Waals surface area contributed by atoms with Crippen LogP contribution in [0.15, 0.2) is 18.7 Å². The Bertz CT molecular complexity index is 366. The summed E-state index contributed by atoms with van der Waals surface area (Å²) in [4.78, 5) is 14.6.